The zero-order chi connectivity index (χ0) is 22.5. The van der Waals surface area contributed by atoms with Gasteiger partial charge in [-0.05, 0) is 80.1 Å². The van der Waals surface area contributed by atoms with Gasteiger partial charge in [0.2, 0.25) is 0 Å². The predicted molar refractivity (Wildman–Crippen MR) is 121 cm³/mol. The summed E-state index contributed by atoms with van der Waals surface area (Å²) in [5.74, 6) is -0.113. The minimum atomic E-state index is -0.464. The van der Waals surface area contributed by atoms with Crippen molar-refractivity contribution in [1.82, 2.24) is 0 Å². The molecule has 0 aromatic carbocycles. The van der Waals surface area contributed by atoms with E-state index in [0.29, 0.717) is 12.8 Å². The van der Waals surface area contributed by atoms with E-state index in [0.717, 1.165) is 51.4 Å². The minimum absolute atomic E-state index is 0.0566. The van der Waals surface area contributed by atoms with E-state index in [4.69, 9.17) is 9.47 Å². The molecule has 0 N–H and O–H groups in total. The average molecular weight is 421 g/mol. The molecule has 0 radical (unpaired) electrons. The van der Waals surface area contributed by atoms with Gasteiger partial charge in [-0.15, -0.1) is 0 Å². The van der Waals surface area contributed by atoms with Crippen molar-refractivity contribution in [3.05, 3.63) is 12.2 Å². The Hall–Kier alpha value is -1.32. The number of allylic oxidation sites excluding steroid dienone is 2. The van der Waals surface area contributed by atoms with Crippen LogP contribution in [-0.2, 0) is 19.1 Å². The summed E-state index contributed by atoms with van der Waals surface area (Å²) in [5, 5.41) is 0. The van der Waals surface area contributed by atoms with Crippen LogP contribution in [0.3, 0.4) is 0 Å². The Morgan fingerprint density at radius 3 is 1.20 bits per heavy atom. The fourth-order valence-electron chi connectivity index (χ4n) is 4.83. The molecule has 4 heteroatoms. The molecular weight excluding hydrogens is 376 g/mol. The first kappa shape index (κ1) is 24.9. The van der Waals surface area contributed by atoms with E-state index >= 15 is 0 Å². The van der Waals surface area contributed by atoms with Gasteiger partial charge in [0, 0.05) is 0 Å². The predicted octanol–water partition coefficient (Wildman–Crippen LogP) is 6.91. The summed E-state index contributed by atoms with van der Waals surface area (Å²) in [4.78, 5) is 26.1. The monoisotopic (exact) mass is 420 g/mol. The first-order valence-electron chi connectivity index (χ1n) is 12.0. The second-order valence-electron chi connectivity index (χ2n) is 11.6. The number of hydrogen-bond acceptors (Lipinski definition) is 4. The van der Waals surface area contributed by atoms with E-state index in [2.05, 4.69) is 12.2 Å². The Labute approximate surface area is 184 Å². The first-order valence-corrected chi connectivity index (χ1v) is 12.0. The number of ether oxygens (including phenoxy) is 2. The molecule has 0 heterocycles. The molecule has 0 bridgehead atoms. The summed E-state index contributed by atoms with van der Waals surface area (Å²) in [5.41, 5.74) is -1.75. The smallest absolute Gasteiger partial charge is 0.312 e. The molecule has 2 rings (SSSR count). The molecule has 2 aliphatic rings. The van der Waals surface area contributed by atoms with Crippen LogP contribution >= 0.6 is 0 Å². The summed E-state index contributed by atoms with van der Waals surface area (Å²) >= 11 is 0. The quantitative estimate of drug-likeness (QED) is 0.346. The molecular formula is C26H44O4. The molecule has 2 aliphatic carbocycles. The lowest BCUT2D eigenvalue weighted by Gasteiger charge is -2.37. The molecule has 0 aliphatic heterocycles. The van der Waals surface area contributed by atoms with Gasteiger partial charge in [-0.1, -0.05) is 50.7 Å². The van der Waals surface area contributed by atoms with Crippen molar-refractivity contribution in [2.45, 2.75) is 130 Å². The van der Waals surface area contributed by atoms with Gasteiger partial charge >= 0.3 is 11.9 Å². The maximum Gasteiger partial charge on any atom is 0.312 e. The Balaban J connectivity index is 2.09. The van der Waals surface area contributed by atoms with Crippen molar-refractivity contribution < 1.29 is 19.1 Å². The number of hydrogen-bond donors (Lipinski definition) is 0. The highest BCUT2D eigenvalue weighted by molar-refractivity contribution is 5.78. The molecule has 2 saturated carbocycles. The van der Waals surface area contributed by atoms with Gasteiger partial charge in [-0.2, -0.15) is 0 Å². The topological polar surface area (TPSA) is 52.6 Å². The molecule has 0 spiro atoms. The van der Waals surface area contributed by atoms with Crippen molar-refractivity contribution in [3.63, 3.8) is 0 Å². The summed E-state index contributed by atoms with van der Waals surface area (Å²) in [6, 6.07) is 0. The SMILES string of the molecule is CC(C)(C)OC(=O)C1(C/C=C/CC2(C(=O)OC(C)(C)C)CCCCC2)CCCCC1. The fourth-order valence-corrected chi connectivity index (χ4v) is 4.83. The largest absolute Gasteiger partial charge is 0.460 e. The second kappa shape index (κ2) is 9.87. The van der Waals surface area contributed by atoms with E-state index in [1.54, 1.807) is 0 Å². The van der Waals surface area contributed by atoms with Crippen LogP contribution in [0.15, 0.2) is 12.2 Å². The van der Waals surface area contributed by atoms with Crippen molar-refractivity contribution in [2.75, 3.05) is 0 Å². The summed E-state index contributed by atoms with van der Waals surface area (Å²) in [6.45, 7) is 11.6. The van der Waals surface area contributed by atoms with E-state index in [1.165, 1.54) is 12.8 Å². The molecule has 0 saturated heterocycles. The van der Waals surface area contributed by atoms with Crippen molar-refractivity contribution >= 4 is 11.9 Å². The van der Waals surface area contributed by atoms with Crippen LogP contribution < -0.4 is 0 Å². The van der Waals surface area contributed by atoms with Gasteiger partial charge in [0.05, 0.1) is 10.8 Å². The standard InChI is InChI=1S/C26H44O4/c1-23(2,3)29-21(27)25(15-9-7-10-16-25)19-13-14-20-26(17-11-8-12-18-26)22(28)30-24(4,5)6/h13-14H,7-12,15-20H2,1-6H3/b14-13+. The van der Waals surface area contributed by atoms with Gasteiger partial charge in [-0.25, -0.2) is 0 Å². The molecule has 0 amide bonds. The summed E-state index contributed by atoms with van der Waals surface area (Å²) in [6.07, 6.45) is 15.9. The maximum absolute atomic E-state index is 13.0. The first-order chi connectivity index (χ1) is 13.9. The van der Waals surface area contributed by atoms with Crippen LogP contribution in [0.25, 0.3) is 0 Å². The van der Waals surface area contributed by atoms with Crippen molar-refractivity contribution in [1.29, 1.82) is 0 Å². The average Bonchev–Trinajstić information content (AvgIpc) is 2.64. The third kappa shape index (κ3) is 7.13. The lowest BCUT2D eigenvalue weighted by atomic mass is 9.70. The molecule has 172 valence electrons. The molecule has 0 atom stereocenters. The van der Waals surface area contributed by atoms with Gasteiger partial charge in [0.1, 0.15) is 11.2 Å². The fraction of sp³-hybridized carbons (Fsp3) is 0.846. The van der Waals surface area contributed by atoms with Gasteiger partial charge in [0.15, 0.2) is 0 Å². The number of carbonyl (C=O) groups excluding carboxylic acids is 2. The summed E-state index contributed by atoms with van der Waals surface area (Å²) in [7, 11) is 0. The Bertz CT molecular complexity index is 552. The van der Waals surface area contributed by atoms with Crippen LogP contribution in [-0.4, -0.2) is 23.1 Å². The van der Waals surface area contributed by atoms with E-state index in [1.807, 2.05) is 41.5 Å². The lowest BCUT2D eigenvalue weighted by molar-refractivity contribution is -0.171. The normalized spacial score (nSPS) is 21.9. The van der Waals surface area contributed by atoms with E-state index < -0.39 is 22.0 Å². The highest BCUT2D eigenvalue weighted by Gasteiger charge is 2.43. The Kier molecular flexibility index (Phi) is 8.21. The molecule has 0 unspecified atom stereocenters. The van der Waals surface area contributed by atoms with Gasteiger partial charge < -0.3 is 9.47 Å². The molecule has 0 aromatic heterocycles. The van der Waals surface area contributed by atoms with Crippen LogP contribution in [0.5, 0.6) is 0 Å². The van der Waals surface area contributed by atoms with Crippen LogP contribution in [0.1, 0.15) is 119 Å². The van der Waals surface area contributed by atoms with Gasteiger partial charge in [-0.3, -0.25) is 9.59 Å². The molecule has 0 aromatic rings. The lowest BCUT2D eigenvalue weighted by Crippen LogP contribution is -2.39. The highest BCUT2D eigenvalue weighted by atomic mass is 16.6. The highest BCUT2D eigenvalue weighted by Crippen LogP contribution is 2.44. The third-order valence-electron chi connectivity index (χ3n) is 6.47. The zero-order valence-corrected chi connectivity index (χ0v) is 20.3. The zero-order valence-electron chi connectivity index (χ0n) is 20.3. The Morgan fingerprint density at radius 2 is 0.933 bits per heavy atom. The Morgan fingerprint density at radius 1 is 0.633 bits per heavy atom. The van der Waals surface area contributed by atoms with E-state index in [9.17, 15) is 9.59 Å². The maximum atomic E-state index is 13.0. The minimum Gasteiger partial charge on any atom is -0.460 e. The van der Waals surface area contributed by atoms with Crippen LogP contribution in [0, 0.1) is 10.8 Å². The van der Waals surface area contributed by atoms with Crippen LogP contribution in [0.4, 0.5) is 0 Å². The van der Waals surface area contributed by atoms with Gasteiger partial charge in [0.25, 0.3) is 0 Å². The third-order valence-corrected chi connectivity index (χ3v) is 6.47. The number of esters is 2. The molecule has 30 heavy (non-hydrogen) atoms. The number of rotatable bonds is 6. The van der Waals surface area contributed by atoms with Crippen molar-refractivity contribution in [2.24, 2.45) is 10.8 Å². The van der Waals surface area contributed by atoms with Crippen molar-refractivity contribution in [3.8, 4) is 0 Å². The molecule has 4 nitrogen and oxygen atoms in total. The molecule has 2 fully saturated rings. The number of carbonyl (C=O) groups is 2. The summed E-state index contributed by atoms with van der Waals surface area (Å²) < 4.78 is 11.6. The van der Waals surface area contributed by atoms with Crippen LogP contribution in [0.2, 0.25) is 0 Å². The second-order valence-corrected chi connectivity index (χ2v) is 11.6. The van der Waals surface area contributed by atoms with E-state index in [-0.39, 0.29) is 11.9 Å².